The predicted octanol–water partition coefficient (Wildman–Crippen LogP) is 0.899. The molecule has 2 rings (SSSR count). The van der Waals surface area contributed by atoms with Gasteiger partial charge in [0.25, 0.3) is 0 Å². The quantitative estimate of drug-likeness (QED) is 0.704. The first-order valence-corrected chi connectivity index (χ1v) is 5.70. The Balaban J connectivity index is 1.87. The predicted molar refractivity (Wildman–Crippen MR) is 55.9 cm³/mol. The zero-order chi connectivity index (χ0) is 10.1. The number of hydrogen-bond acceptors (Lipinski definition) is 2. The lowest BCUT2D eigenvalue weighted by atomic mass is 9.98. The van der Waals surface area contributed by atoms with Gasteiger partial charge in [-0.15, -0.1) is 0 Å². The average molecular weight is 196 g/mol. The third-order valence-corrected chi connectivity index (χ3v) is 3.20. The highest BCUT2D eigenvalue weighted by Crippen LogP contribution is 2.33. The SMILES string of the molecule is CC(C)[C@@H]1NC(CC2CC2)CNC1=O. The molecule has 1 amide bonds. The normalized spacial score (nSPS) is 33.2. The van der Waals surface area contributed by atoms with Gasteiger partial charge in [0.1, 0.15) is 0 Å². The van der Waals surface area contributed by atoms with Gasteiger partial charge in [-0.05, 0) is 18.3 Å². The highest BCUT2D eigenvalue weighted by molar-refractivity contribution is 5.82. The van der Waals surface area contributed by atoms with Gasteiger partial charge in [-0.2, -0.15) is 0 Å². The first kappa shape index (κ1) is 9.97. The van der Waals surface area contributed by atoms with Crippen molar-refractivity contribution in [2.24, 2.45) is 11.8 Å². The maximum absolute atomic E-state index is 11.5. The second kappa shape index (κ2) is 3.89. The summed E-state index contributed by atoms with van der Waals surface area (Å²) in [5, 5.41) is 6.46. The number of carbonyl (C=O) groups is 1. The highest BCUT2D eigenvalue weighted by atomic mass is 16.2. The molecule has 2 N–H and O–H groups in total. The van der Waals surface area contributed by atoms with E-state index in [1.54, 1.807) is 0 Å². The molecule has 1 aliphatic carbocycles. The van der Waals surface area contributed by atoms with Crippen molar-refractivity contribution in [3.63, 3.8) is 0 Å². The lowest BCUT2D eigenvalue weighted by Gasteiger charge is -2.33. The Morgan fingerprint density at radius 3 is 2.71 bits per heavy atom. The highest BCUT2D eigenvalue weighted by Gasteiger charge is 2.33. The Hall–Kier alpha value is -0.570. The molecule has 0 radical (unpaired) electrons. The Morgan fingerprint density at radius 1 is 1.43 bits per heavy atom. The Kier molecular flexibility index (Phi) is 2.77. The van der Waals surface area contributed by atoms with Crippen LogP contribution in [0.25, 0.3) is 0 Å². The van der Waals surface area contributed by atoms with Gasteiger partial charge < -0.3 is 10.6 Å². The molecule has 3 nitrogen and oxygen atoms in total. The van der Waals surface area contributed by atoms with E-state index in [9.17, 15) is 4.79 Å². The topological polar surface area (TPSA) is 41.1 Å². The van der Waals surface area contributed by atoms with E-state index in [2.05, 4.69) is 24.5 Å². The van der Waals surface area contributed by atoms with Crippen molar-refractivity contribution in [1.29, 1.82) is 0 Å². The zero-order valence-electron chi connectivity index (χ0n) is 9.05. The summed E-state index contributed by atoms with van der Waals surface area (Å²) in [5.41, 5.74) is 0. The number of carbonyl (C=O) groups excluding carboxylic acids is 1. The largest absolute Gasteiger partial charge is 0.353 e. The van der Waals surface area contributed by atoms with Gasteiger partial charge in [-0.1, -0.05) is 26.7 Å². The molecule has 80 valence electrons. The summed E-state index contributed by atoms with van der Waals surface area (Å²) in [6.45, 7) is 5.01. The Morgan fingerprint density at radius 2 is 2.14 bits per heavy atom. The minimum Gasteiger partial charge on any atom is -0.353 e. The maximum Gasteiger partial charge on any atom is 0.237 e. The third-order valence-electron chi connectivity index (χ3n) is 3.20. The second-order valence-electron chi connectivity index (χ2n) is 5.01. The monoisotopic (exact) mass is 196 g/mol. The first-order chi connectivity index (χ1) is 6.66. The smallest absolute Gasteiger partial charge is 0.237 e. The van der Waals surface area contributed by atoms with Crippen LogP contribution in [0.3, 0.4) is 0 Å². The number of piperazine rings is 1. The molecule has 3 heteroatoms. The summed E-state index contributed by atoms with van der Waals surface area (Å²) >= 11 is 0. The molecule has 2 fully saturated rings. The van der Waals surface area contributed by atoms with Crippen molar-refractivity contribution in [2.75, 3.05) is 6.54 Å². The molecule has 1 saturated heterocycles. The lowest BCUT2D eigenvalue weighted by molar-refractivity contribution is -0.126. The maximum atomic E-state index is 11.5. The summed E-state index contributed by atoms with van der Waals surface area (Å²) < 4.78 is 0. The van der Waals surface area contributed by atoms with E-state index in [1.165, 1.54) is 19.3 Å². The van der Waals surface area contributed by atoms with Crippen LogP contribution in [0.1, 0.15) is 33.1 Å². The van der Waals surface area contributed by atoms with Crippen molar-refractivity contribution in [3.05, 3.63) is 0 Å². The van der Waals surface area contributed by atoms with E-state index in [4.69, 9.17) is 0 Å². The van der Waals surface area contributed by atoms with Crippen molar-refractivity contribution < 1.29 is 4.79 Å². The van der Waals surface area contributed by atoms with Gasteiger partial charge in [0.05, 0.1) is 6.04 Å². The molecule has 0 bridgehead atoms. The summed E-state index contributed by atoms with van der Waals surface area (Å²) in [5.74, 6) is 1.49. The zero-order valence-corrected chi connectivity index (χ0v) is 9.05. The van der Waals surface area contributed by atoms with Crippen LogP contribution in [0.4, 0.5) is 0 Å². The van der Waals surface area contributed by atoms with Gasteiger partial charge >= 0.3 is 0 Å². The Bertz CT molecular complexity index is 223. The third kappa shape index (κ3) is 2.27. The van der Waals surface area contributed by atoms with Crippen LogP contribution in [0.5, 0.6) is 0 Å². The van der Waals surface area contributed by atoms with Crippen LogP contribution in [0.2, 0.25) is 0 Å². The van der Waals surface area contributed by atoms with Crippen LogP contribution in [0.15, 0.2) is 0 Å². The van der Waals surface area contributed by atoms with E-state index >= 15 is 0 Å². The first-order valence-electron chi connectivity index (χ1n) is 5.70. The average Bonchev–Trinajstić information content (AvgIpc) is 2.92. The minimum absolute atomic E-state index is 0.0208. The molecule has 14 heavy (non-hydrogen) atoms. The number of nitrogens with one attached hydrogen (secondary N) is 2. The van der Waals surface area contributed by atoms with Crippen LogP contribution in [0, 0.1) is 11.8 Å². The molecule has 0 aromatic rings. The van der Waals surface area contributed by atoms with E-state index in [-0.39, 0.29) is 11.9 Å². The molecule has 0 spiro atoms. The number of amides is 1. The summed E-state index contributed by atoms with van der Waals surface area (Å²) in [7, 11) is 0. The van der Waals surface area contributed by atoms with Crippen LogP contribution in [-0.2, 0) is 4.79 Å². The van der Waals surface area contributed by atoms with Crippen molar-refractivity contribution in [2.45, 2.75) is 45.2 Å². The molecule has 0 aromatic carbocycles. The van der Waals surface area contributed by atoms with Crippen LogP contribution in [-0.4, -0.2) is 24.5 Å². The fourth-order valence-electron chi connectivity index (χ4n) is 2.12. The van der Waals surface area contributed by atoms with Crippen molar-refractivity contribution >= 4 is 5.91 Å². The molecular formula is C11H20N2O. The standard InChI is InChI=1S/C11H20N2O/c1-7(2)10-11(14)12-6-9(13-10)5-8-3-4-8/h7-10,13H,3-6H2,1-2H3,(H,12,14)/t9?,10-/m0/s1. The molecule has 1 unspecified atom stereocenters. The number of rotatable bonds is 3. The second-order valence-corrected chi connectivity index (χ2v) is 5.01. The Labute approximate surface area is 85.6 Å². The van der Waals surface area contributed by atoms with Crippen LogP contribution >= 0.6 is 0 Å². The fourth-order valence-corrected chi connectivity index (χ4v) is 2.12. The minimum atomic E-state index is 0.0208. The van der Waals surface area contributed by atoms with E-state index in [1.807, 2.05) is 0 Å². The summed E-state index contributed by atoms with van der Waals surface area (Å²) in [6.07, 6.45) is 4.01. The van der Waals surface area contributed by atoms with Crippen molar-refractivity contribution in [3.8, 4) is 0 Å². The van der Waals surface area contributed by atoms with Crippen molar-refractivity contribution in [1.82, 2.24) is 10.6 Å². The van der Waals surface area contributed by atoms with E-state index in [0.29, 0.717) is 12.0 Å². The van der Waals surface area contributed by atoms with E-state index in [0.717, 1.165) is 12.5 Å². The fraction of sp³-hybridized carbons (Fsp3) is 0.909. The van der Waals surface area contributed by atoms with Crippen LogP contribution < -0.4 is 10.6 Å². The molecule has 1 aliphatic heterocycles. The van der Waals surface area contributed by atoms with Gasteiger partial charge in [-0.3, -0.25) is 4.79 Å². The molecular weight excluding hydrogens is 176 g/mol. The molecule has 1 saturated carbocycles. The molecule has 2 aliphatic rings. The van der Waals surface area contributed by atoms with Gasteiger partial charge in [0.2, 0.25) is 5.91 Å². The summed E-state index contributed by atoms with van der Waals surface area (Å²) in [6, 6.07) is 0.528. The van der Waals surface area contributed by atoms with Gasteiger partial charge in [0.15, 0.2) is 0 Å². The number of hydrogen-bond donors (Lipinski definition) is 2. The van der Waals surface area contributed by atoms with Gasteiger partial charge in [0, 0.05) is 12.6 Å². The lowest BCUT2D eigenvalue weighted by Crippen LogP contribution is -2.60. The molecule has 1 heterocycles. The molecule has 2 atom stereocenters. The van der Waals surface area contributed by atoms with E-state index < -0.39 is 0 Å². The summed E-state index contributed by atoms with van der Waals surface area (Å²) in [4.78, 5) is 11.5. The van der Waals surface area contributed by atoms with Gasteiger partial charge in [-0.25, -0.2) is 0 Å². The molecule has 0 aromatic heterocycles.